The highest BCUT2D eigenvalue weighted by Gasteiger charge is 2.24. The Balaban J connectivity index is 0.000000141. The Morgan fingerprint density at radius 2 is 0.474 bits per heavy atom. The molecule has 540 valence electrons. The molecule has 0 aliphatic rings. The Morgan fingerprint density at radius 1 is 0.164 bits per heavy atom. The number of pyridine rings is 2. The summed E-state index contributed by atoms with van der Waals surface area (Å²) < 4.78 is 4.79. The van der Waals surface area contributed by atoms with Crippen molar-refractivity contribution in [1.29, 1.82) is 0 Å². The summed E-state index contributed by atoms with van der Waals surface area (Å²) in [5, 5.41) is 19.8. The normalized spacial score (nSPS) is 11.6. The maximum Gasteiger partial charge on any atom is 0.0709 e. The average Bonchev–Trinajstić information content (AvgIpc) is 1.27. The van der Waals surface area contributed by atoms with E-state index in [1.807, 2.05) is 6.20 Å². The van der Waals surface area contributed by atoms with Crippen LogP contribution in [0.1, 0.15) is 0 Å². The Labute approximate surface area is 671 Å². The van der Waals surface area contributed by atoms with Gasteiger partial charge in [-0.25, -0.2) is 0 Å². The van der Waals surface area contributed by atoms with Crippen LogP contribution in [0.25, 0.3) is 220 Å². The molecule has 0 saturated heterocycles. The van der Waals surface area contributed by atoms with E-state index in [0.29, 0.717) is 0 Å². The highest BCUT2D eigenvalue weighted by atomic mass is 15.0. The van der Waals surface area contributed by atoms with Crippen LogP contribution >= 0.6 is 0 Å². The first-order chi connectivity index (χ1) is 57.6. The first-order valence-corrected chi connectivity index (χ1v) is 39.8. The molecule has 0 aliphatic carbocycles. The van der Waals surface area contributed by atoms with Crippen molar-refractivity contribution in [2.45, 2.75) is 0 Å². The third kappa shape index (κ3) is 11.5. The molecule has 4 heteroatoms. The van der Waals surface area contributed by atoms with E-state index in [1.165, 1.54) is 175 Å². The van der Waals surface area contributed by atoms with Crippen LogP contribution in [-0.4, -0.2) is 19.1 Å². The molecule has 0 atom stereocenters. The van der Waals surface area contributed by atoms with Crippen LogP contribution in [0.15, 0.2) is 437 Å². The van der Waals surface area contributed by atoms with Gasteiger partial charge in [-0.3, -0.25) is 9.97 Å². The Kier molecular flexibility index (Phi) is 16.6. The lowest BCUT2D eigenvalue weighted by Gasteiger charge is -2.18. The zero-order valence-corrected chi connectivity index (χ0v) is 63.4. The fourth-order valence-corrected chi connectivity index (χ4v) is 18.4. The van der Waals surface area contributed by atoms with Gasteiger partial charge in [-0.1, -0.05) is 358 Å². The van der Waals surface area contributed by atoms with Crippen LogP contribution < -0.4 is 0 Å². The number of nitrogens with zero attached hydrogens (tertiary/aromatic N) is 4. The number of para-hydroxylation sites is 2. The molecular formula is C112H72N4. The Morgan fingerprint density at radius 3 is 0.914 bits per heavy atom. The van der Waals surface area contributed by atoms with Crippen LogP contribution in [0.4, 0.5) is 0 Å². The van der Waals surface area contributed by atoms with Gasteiger partial charge in [-0.2, -0.15) is 0 Å². The lowest BCUT2D eigenvalue weighted by Crippen LogP contribution is -1.93. The van der Waals surface area contributed by atoms with Crippen LogP contribution in [0.3, 0.4) is 0 Å². The minimum absolute atomic E-state index is 0.951. The lowest BCUT2D eigenvalue weighted by atomic mass is 9.86. The maximum absolute atomic E-state index is 5.27. The minimum atomic E-state index is 0.951. The van der Waals surface area contributed by atoms with Gasteiger partial charge in [0.2, 0.25) is 0 Å². The van der Waals surface area contributed by atoms with E-state index in [4.69, 9.17) is 9.97 Å². The highest BCUT2D eigenvalue weighted by Crippen LogP contribution is 2.49. The molecule has 0 spiro atoms. The van der Waals surface area contributed by atoms with E-state index < -0.39 is 0 Å². The van der Waals surface area contributed by atoms with E-state index in [0.717, 1.165) is 45.0 Å². The van der Waals surface area contributed by atoms with Crippen molar-refractivity contribution in [3.05, 3.63) is 437 Å². The first-order valence-electron chi connectivity index (χ1n) is 39.8. The number of aromatic nitrogens is 4. The first kappa shape index (κ1) is 67.5. The second-order valence-electron chi connectivity index (χ2n) is 30.1. The molecule has 0 amide bonds. The molecule has 0 fully saturated rings. The monoisotopic (exact) mass is 1470 g/mol. The van der Waals surface area contributed by atoms with Crippen LogP contribution in [-0.2, 0) is 0 Å². The summed E-state index contributed by atoms with van der Waals surface area (Å²) in [5.41, 5.74) is 28.0. The van der Waals surface area contributed by atoms with Gasteiger partial charge in [0.25, 0.3) is 0 Å². The predicted molar refractivity (Wildman–Crippen MR) is 491 cm³/mol. The molecule has 0 saturated carbocycles. The van der Waals surface area contributed by atoms with Crippen molar-refractivity contribution in [2.24, 2.45) is 0 Å². The number of fused-ring (bicyclic) bond motifs is 14. The maximum atomic E-state index is 5.27. The highest BCUT2D eigenvalue weighted by molar-refractivity contribution is 6.27. The second-order valence-corrected chi connectivity index (χ2v) is 30.1. The molecule has 0 unspecified atom stereocenters. The predicted octanol–water partition coefficient (Wildman–Crippen LogP) is 30.3. The van der Waals surface area contributed by atoms with Crippen molar-refractivity contribution in [1.82, 2.24) is 19.1 Å². The average molecular weight is 1470 g/mol. The summed E-state index contributed by atoms with van der Waals surface area (Å²) in [5.74, 6) is 0. The van der Waals surface area contributed by atoms with Crippen molar-refractivity contribution in [3.8, 4) is 112 Å². The molecule has 4 aromatic heterocycles. The molecule has 0 radical (unpaired) electrons. The molecular weight excluding hydrogens is 1400 g/mol. The van der Waals surface area contributed by atoms with Gasteiger partial charge in [0.1, 0.15) is 0 Å². The SMILES string of the molecule is c1ccc(-c2ccc(-c3c4ccccc4c(-c4ccc(-c5ccc(-c6ccc7c(c6)c6c8ccccc8ccc6n7-c6ccccc6)cc5)nc4)c4ccccc34)cc2)cc1.c1ccc(-c2ccc(-c3c4ccccc4c(-c4ccc(-c5cccc6c5c5c7ccccc7ccc5n6-c5ccccc5)nc4)c4ccccc34)cc2)cc1. The third-order valence-electron chi connectivity index (χ3n) is 23.7. The van der Waals surface area contributed by atoms with E-state index in [-0.39, 0.29) is 0 Å². The van der Waals surface area contributed by atoms with Crippen molar-refractivity contribution >= 4 is 108 Å². The van der Waals surface area contributed by atoms with Gasteiger partial charge in [0.05, 0.1) is 33.5 Å². The van der Waals surface area contributed by atoms with Gasteiger partial charge in [0.15, 0.2) is 0 Å². The van der Waals surface area contributed by atoms with E-state index in [1.54, 1.807) is 0 Å². The van der Waals surface area contributed by atoms with E-state index in [2.05, 4.69) is 440 Å². The zero-order valence-electron chi connectivity index (χ0n) is 63.4. The zero-order chi connectivity index (χ0) is 76.6. The molecule has 116 heavy (non-hydrogen) atoms. The quantitative estimate of drug-likeness (QED) is 0.121. The van der Waals surface area contributed by atoms with Gasteiger partial charge < -0.3 is 9.13 Å². The van der Waals surface area contributed by atoms with E-state index in [9.17, 15) is 0 Å². The summed E-state index contributed by atoms with van der Waals surface area (Å²) in [7, 11) is 0. The van der Waals surface area contributed by atoms with Gasteiger partial charge in [0, 0.05) is 67.6 Å². The van der Waals surface area contributed by atoms with Crippen molar-refractivity contribution < 1.29 is 0 Å². The van der Waals surface area contributed by atoms with Crippen molar-refractivity contribution in [2.75, 3.05) is 0 Å². The van der Waals surface area contributed by atoms with E-state index >= 15 is 0 Å². The number of benzene rings is 19. The topological polar surface area (TPSA) is 35.6 Å². The smallest absolute Gasteiger partial charge is 0.0709 e. The summed E-state index contributed by atoms with van der Waals surface area (Å²) >= 11 is 0. The van der Waals surface area contributed by atoms with Crippen LogP contribution in [0.2, 0.25) is 0 Å². The summed E-state index contributed by atoms with van der Waals surface area (Å²) in [6, 6.07) is 154. The lowest BCUT2D eigenvalue weighted by molar-refractivity contribution is 1.18. The molecule has 19 aromatic carbocycles. The molecule has 4 nitrogen and oxygen atoms in total. The standard InChI is InChI=1S/C59H38N2.C53H34N2/c1-3-13-39(14-4-1)40-25-29-44(30-26-40)57-49-19-9-11-21-51(49)58(52-22-12-10-20-50(52)57)46-31-34-54(60-38-46)43-27-23-41(24-28-43)45-33-35-55-53(37-45)59-48-18-8-7-15-42(48)32-36-56(59)61(55)47-16-5-2-6-17-47;1-3-14-35(15-4-1)36-26-28-38(29-27-36)50-42-20-9-11-22-44(42)51(45-23-12-10-21-43(45)50)39-30-32-47(54-34-39)46-24-13-25-48-53(46)52-41-19-8-7-16-37(41)31-33-49(52)55(48)40-17-5-2-6-18-40/h1-38H;1-34H. The van der Waals surface area contributed by atoms with Gasteiger partial charge in [-0.05, 0) is 198 Å². The largest absolute Gasteiger partial charge is 0.309 e. The van der Waals surface area contributed by atoms with Crippen LogP contribution in [0.5, 0.6) is 0 Å². The molecule has 23 aromatic rings. The summed E-state index contributed by atoms with van der Waals surface area (Å²) in [6.45, 7) is 0. The number of hydrogen-bond acceptors (Lipinski definition) is 2. The Bertz CT molecular complexity index is 7610. The third-order valence-corrected chi connectivity index (χ3v) is 23.7. The number of hydrogen-bond donors (Lipinski definition) is 0. The fraction of sp³-hybridized carbons (Fsp3) is 0. The van der Waals surface area contributed by atoms with Crippen LogP contribution in [0, 0.1) is 0 Å². The molecule has 4 heterocycles. The van der Waals surface area contributed by atoms with Gasteiger partial charge in [-0.15, -0.1) is 0 Å². The number of rotatable bonds is 11. The molecule has 0 N–H and O–H groups in total. The van der Waals surface area contributed by atoms with Gasteiger partial charge >= 0.3 is 0 Å². The summed E-state index contributed by atoms with van der Waals surface area (Å²) in [6.07, 6.45) is 4.12. The molecule has 0 bridgehead atoms. The fourth-order valence-electron chi connectivity index (χ4n) is 18.4. The molecule has 23 rings (SSSR count). The molecule has 0 aliphatic heterocycles. The minimum Gasteiger partial charge on any atom is -0.309 e. The second kappa shape index (κ2) is 28.4. The van der Waals surface area contributed by atoms with Crippen molar-refractivity contribution in [3.63, 3.8) is 0 Å². The Hall–Kier alpha value is -15.4. The summed E-state index contributed by atoms with van der Waals surface area (Å²) in [4.78, 5) is 10.4.